The number of amides is 1. The van der Waals surface area contributed by atoms with E-state index < -0.39 is 12.0 Å². The maximum Gasteiger partial charge on any atom is 0.328 e. The number of aromatic nitrogens is 2. The van der Waals surface area contributed by atoms with Gasteiger partial charge in [-0.3, -0.25) is 9.36 Å². The van der Waals surface area contributed by atoms with Crippen molar-refractivity contribution in [3.63, 3.8) is 0 Å². The van der Waals surface area contributed by atoms with Crippen LogP contribution >= 0.6 is 23.2 Å². The predicted molar refractivity (Wildman–Crippen MR) is 86.7 cm³/mol. The summed E-state index contributed by atoms with van der Waals surface area (Å²) in [6.07, 6.45) is 0. The lowest BCUT2D eigenvalue weighted by Crippen LogP contribution is -2.38. The maximum absolute atomic E-state index is 11.9. The van der Waals surface area contributed by atoms with Gasteiger partial charge in [-0.25, -0.2) is 9.78 Å². The van der Waals surface area contributed by atoms with Crippen molar-refractivity contribution < 1.29 is 14.3 Å². The van der Waals surface area contributed by atoms with Crippen molar-refractivity contribution in [1.82, 2.24) is 14.9 Å². The van der Waals surface area contributed by atoms with Crippen LogP contribution in [0.25, 0.3) is 5.69 Å². The molecule has 0 radical (unpaired) electrons. The normalized spacial score (nSPS) is 11.8. The molecule has 1 amide bonds. The topological polar surface area (TPSA) is 73.2 Å². The van der Waals surface area contributed by atoms with Crippen molar-refractivity contribution in [3.8, 4) is 5.69 Å². The van der Waals surface area contributed by atoms with E-state index in [9.17, 15) is 9.59 Å². The predicted octanol–water partition coefficient (Wildman–Crippen LogP) is 2.75. The molecule has 1 aromatic carbocycles. The van der Waals surface area contributed by atoms with E-state index in [4.69, 9.17) is 27.9 Å². The molecule has 2 aromatic rings. The van der Waals surface area contributed by atoms with E-state index in [-0.39, 0.29) is 23.0 Å². The summed E-state index contributed by atoms with van der Waals surface area (Å²) in [4.78, 5) is 26.8. The van der Waals surface area contributed by atoms with E-state index in [0.717, 1.165) is 5.69 Å². The van der Waals surface area contributed by atoms with Crippen LogP contribution in [0.3, 0.4) is 0 Å². The monoisotopic (exact) mass is 355 g/mol. The summed E-state index contributed by atoms with van der Waals surface area (Å²) >= 11 is 12.2. The van der Waals surface area contributed by atoms with Gasteiger partial charge in [0.15, 0.2) is 5.15 Å². The second-order valence-electron chi connectivity index (χ2n) is 4.82. The molecular weight excluding hydrogens is 341 g/mol. The summed E-state index contributed by atoms with van der Waals surface area (Å²) in [6, 6.07) is 8.45. The fraction of sp³-hybridized carbons (Fsp3) is 0.267. The lowest BCUT2D eigenvalue weighted by Gasteiger charge is -2.13. The smallest absolute Gasteiger partial charge is 0.328 e. The number of carbonyl (C=O) groups is 2. The molecule has 1 atom stereocenters. The molecule has 1 N–H and O–H groups in total. The molecule has 0 fully saturated rings. The number of para-hydroxylation sites is 1. The summed E-state index contributed by atoms with van der Waals surface area (Å²) in [6.45, 7) is 2.74. The van der Waals surface area contributed by atoms with Gasteiger partial charge in [-0.1, -0.05) is 29.8 Å². The molecule has 2 rings (SSSR count). The number of ether oxygens (including phenoxy) is 1. The number of benzene rings is 1. The molecule has 0 bridgehead atoms. The van der Waals surface area contributed by atoms with Crippen molar-refractivity contribution >= 4 is 35.1 Å². The highest BCUT2D eigenvalue weighted by Crippen LogP contribution is 2.26. The van der Waals surface area contributed by atoms with Gasteiger partial charge >= 0.3 is 5.97 Å². The summed E-state index contributed by atoms with van der Waals surface area (Å²) in [5, 5.41) is 2.77. The molecule has 6 nitrogen and oxygen atoms in total. The molecule has 1 aromatic heterocycles. The highest BCUT2D eigenvalue weighted by Gasteiger charge is 2.20. The van der Waals surface area contributed by atoms with E-state index in [0.29, 0.717) is 5.69 Å². The maximum atomic E-state index is 11.9. The molecule has 0 aliphatic rings. The number of rotatable bonds is 5. The Morgan fingerprint density at radius 3 is 2.57 bits per heavy atom. The van der Waals surface area contributed by atoms with Crippen LogP contribution in [-0.2, 0) is 20.9 Å². The van der Waals surface area contributed by atoms with Gasteiger partial charge in [-0.2, -0.15) is 0 Å². The fourth-order valence-corrected chi connectivity index (χ4v) is 2.54. The van der Waals surface area contributed by atoms with Crippen LogP contribution in [0.4, 0.5) is 0 Å². The third-order valence-electron chi connectivity index (χ3n) is 3.02. The third-order valence-corrected chi connectivity index (χ3v) is 3.58. The van der Waals surface area contributed by atoms with Crippen LogP contribution in [0.2, 0.25) is 10.4 Å². The molecule has 0 aliphatic heterocycles. The number of halogens is 2. The summed E-state index contributed by atoms with van der Waals surface area (Å²) < 4.78 is 6.79. The molecule has 1 heterocycles. The number of nitrogens with one attached hydrogen (secondary N) is 1. The number of hydrogen-bond donors (Lipinski definition) is 1. The van der Waals surface area contributed by atoms with E-state index in [1.807, 2.05) is 30.3 Å². The van der Waals surface area contributed by atoms with Crippen LogP contribution in [0, 0.1) is 0 Å². The van der Waals surface area contributed by atoms with Crippen LogP contribution in [0.15, 0.2) is 30.3 Å². The van der Waals surface area contributed by atoms with Crippen molar-refractivity contribution in [2.75, 3.05) is 0 Å². The Morgan fingerprint density at radius 1 is 1.30 bits per heavy atom. The zero-order chi connectivity index (χ0) is 17.0. The Labute approximate surface area is 143 Å². The summed E-state index contributed by atoms with van der Waals surface area (Å²) in [5.74, 6) is -0.891. The van der Waals surface area contributed by atoms with Crippen LogP contribution < -0.4 is 5.32 Å². The van der Waals surface area contributed by atoms with Crippen molar-refractivity contribution in [3.05, 3.63) is 46.5 Å². The van der Waals surface area contributed by atoms with Gasteiger partial charge in [0, 0.05) is 12.6 Å². The first-order chi connectivity index (χ1) is 10.9. The van der Waals surface area contributed by atoms with E-state index in [2.05, 4.69) is 10.3 Å². The van der Waals surface area contributed by atoms with Crippen molar-refractivity contribution in [2.24, 2.45) is 0 Å². The van der Waals surface area contributed by atoms with Gasteiger partial charge in [0.05, 0.1) is 0 Å². The summed E-state index contributed by atoms with van der Waals surface area (Å²) in [7, 11) is 0. The Kier molecular flexibility index (Phi) is 5.63. The van der Waals surface area contributed by atoms with Crippen molar-refractivity contribution in [2.45, 2.75) is 26.5 Å². The number of imidazole rings is 1. The molecule has 0 aliphatic carbocycles. The van der Waals surface area contributed by atoms with E-state index in [1.165, 1.54) is 13.8 Å². The number of esters is 1. The van der Waals surface area contributed by atoms with Gasteiger partial charge in [0.1, 0.15) is 18.3 Å². The van der Waals surface area contributed by atoms with Crippen LogP contribution in [0.1, 0.15) is 19.5 Å². The summed E-state index contributed by atoms with van der Waals surface area (Å²) in [5.41, 5.74) is 1.20. The van der Waals surface area contributed by atoms with Gasteiger partial charge in [-0.15, -0.1) is 0 Å². The lowest BCUT2D eigenvalue weighted by molar-refractivity contribution is -0.148. The largest absolute Gasteiger partial charge is 0.458 e. The molecule has 8 heteroatoms. The minimum absolute atomic E-state index is 0.115. The minimum Gasteiger partial charge on any atom is -0.458 e. The van der Waals surface area contributed by atoms with Crippen LogP contribution in [0.5, 0.6) is 0 Å². The van der Waals surface area contributed by atoms with Gasteiger partial charge in [-0.05, 0) is 30.7 Å². The average Bonchev–Trinajstić information content (AvgIpc) is 2.78. The van der Waals surface area contributed by atoms with Gasteiger partial charge in [0.2, 0.25) is 11.2 Å². The number of nitrogens with zero attached hydrogens (tertiary/aromatic N) is 2. The van der Waals surface area contributed by atoms with E-state index >= 15 is 0 Å². The molecule has 0 saturated heterocycles. The average molecular weight is 356 g/mol. The van der Waals surface area contributed by atoms with Crippen LogP contribution in [-0.4, -0.2) is 27.5 Å². The highest BCUT2D eigenvalue weighted by molar-refractivity contribution is 6.33. The van der Waals surface area contributed by atoms with E-state index in [1.54, 1.807) is 4.57 Å². The van der Waals surface area contributed by atoms with Gasteiger partial charge < -0.3 is 10.1 Å². The first-order valence-corrected chi connectivity index (χ1v) is 7.57. The third kappa shape index (κ3) is 4.24. The Hall–Kier alpha value is -2.05. The zero-order valence-electron chi connectivity index (χ0n) is 12.5. The van der Waals surface area contributed by atoms with Gasteiger partial charge in [0.25, 0.3) is 0 Å². The molecular formula is C15H15Cl2N3O3. The molecule has 0 spiro atoms. The second kappa shape index (κ2) is 7.48. The number of carbonyl (C=O) groups excluding carboxylic acids is 2. The number of hydrogen-bond acceptors (Lipinski definition) is 4. The minimum atomic E-state index is -0.755. The quantitative estimate of drug-likeness (QED) is 0.836. The lowest BCUT2D eigenvalue weighted by atomic mass is 10.3. The highest BCUT2D eigenvalue weighted by atomic mass is 35.5. The molecule has 23 heavy (non-hydrogen) atoms. The van der Waals surface area contributed by atoms with Crippen molar-refractivity contribution in [1.29, 1.82) is 0 Å². The zero-order valence-corrected chi connectivity index (χ0v) is 14.1. The standard InChI is InChI=1S/C15H15Cl2N3O3/c1-9(18-10(2)21)14(22)23-8-12-13(16)19-15(17)20(12)11-6-4-3-5-7-11/h3-7,9H,8H2,1-2H3,(H,18,21)/t9-/m1/s1. The Bertz CT molecular complexity index is 716. The fourth-order valence-electron chi connectivity index (χ4n) is 1.99. The molecule has 0 saturated carbocycles. The second-order valence-corrected chi connectivity index (χ2v) is 5.52. The Morgan fingerprint density at radius 2 is 1.96 bits per heavy atom. The SMILES string of the molecule is CC(=O)N[C@H](C)C(=O)OCc1c(Cl)nc(Cl)n1-c1ccccc1. The molecule has 122 valence electrons. The Balaban J connectivity index is 2.18. The first-order valence-electron chi connectivity index (χ1n) is 6.82. The molecule has 0 unspecified atom stereocenters. The first kappa shape index (κ1) is 17.3.